The Bertz CT molecular complexity index is 588. The summed E-state index contributed by atoms with van der Waals surface area (Å²) in [5.41, 5.74) is 0.965. The third-order valence-corrected chi connectivity index (χ3v) is 4.19. The number of aliphatic hydroxyl groups is 3. The van der Waals surface area contributed by atoms with Crippen LogP contribution in [0.15, 0.2) is 54.6 Å². The van der Waals surface area contributed by atoms with Crippen molar-refractivity contribution in [3.8, 4) is 5.75 Å². The lowest BCUT2D eigenvalue weighted by Crippen LogP contribution is -2.56. The lowest BCUT2D eigenvalue weighted by atomic mass is 9.94. The number of rotatable bonds is 9. The normalized spacial score (nSPS) is 12.8. The fraction of sp³-hybridized carbons (Fsp3) is 0.368. The summed E-state index contributed by atoms with van der Waals surface area (Å²) >= 11 is 0. The number of benzene rings is 2. The molecular weight excluding hydrogens is 306 g/mol. The second-order valence-corrected chi connectivity index (χ2v) is 5.91. The van der Waals surface area contributed by atoms with Crippen LogP contribution in [0.2, 0.25) is 0 Å². The lowest BCUT2D eigenvalue weighted by molar-refractivity contribution is 0.0339. The van der Waals surface area contributed by atoms with E-state index in [0.717, 1.165) is 16.9 Å². The minimum absolute atomic E-state index is 0.176. The zero-order chi connectivity index (χ0) is 17.4. The molecule has 0 aliphatic rings. The highest BCUT2D eigenvalue weighted by Crippen LogP contribution is 2.24. The Hall–Kier alpha value is -1.92. The van der Waals surface area contributed by atoms with Crippen LogP contribution in [0, 0.1) is 0 Å². The molecule has 0 fully saturated rings. The van der Waals surface area contributed by atoms with Gasteiger partial charge in [-0.3, -0.25) is 5.32 Å². The first kappa shape index (κ1) is 18.4. The number of ether oxygens (including phenoxy) is 1. The molecule has 0 heterocycles. The van der Waals surface area contributed by atoms with E-state index in [9.17, 15) is 15.3 Å². The fourth-order valence-corrected chi connectivity index (χ4v) is 2.59. The molecule has 1 unspecified atom stereocenters. The molecule has 5 nitrogen and oxygen atoms in total. The van der Waals surface area contributed by atoms with Gasteiger partial charge in [-0.2, -0.15) is 0 Å². The van der Waals surface area contributed by atoms with Crippen molar-refractivity contribution in [3.05, 3.63) is 65.7 Å². The summed E-state index contributed by atoms with van der Waals surface area (Å²) < 4.78 is 5.19. The highest BCUT2D eigenvalue weighted by molar-refractivity contribution is 5.31. The molecule has 24 heavy (non-hydrogen) atoms. The highest BCUT2D eigenvalue weighted by atomic mass is 16.5. The molecule has 0 aromatic heterocycles. The number of hydrogen-bond acceptors (Lipinski definition) is 5. The molecule has 0 aliphatic heterocycles. The molecule has 0 saturated heterocycles. The Balaban J connectivity index is 2.29. The molecule has 4 N–H and O–H groups in total. The SMILES string of the molecule is COc1ccc(C(Cc2ccccc2)NC(CO)(CO)CO)cc1. The maximum atomic E-state index is 9.62. The molecule has 0 radical (unpaired) electrons. The smallest absolute Gasteiger partial charge is 0.118 e. The van der Waals surface area contributed by atoms with Gasteiger partial charge in [0, 0.05) is 6.04 Å². The van der Waals surface area contributed by atoms with Crippen molar-refractivity contribution in [2.45, 2.75) is 18.0 Å². The van der Waals surface area contributed by atoms with Crippen LogP contribution in [0.5, 0.6) is 5.75 Å². The average molecular weight is 331 g/mol. The Labute approximate surface area is 142 Å². The third kappa shape index (κ3) is 4.55. The summed E-state index contributed by atoms with van der Waals surface area (Å²) in [4.78, 5) is 0. The summed E-state index contributed by atoms with van der Waals surface area (Å²) in [6.07, 6.45) is 0.662. The first-order valence-electron chi connectivity index (χ1n) is 7.94. The van der Waals surface area contributed by atoms with E-state index in [1.165, 1.54) is 0 Å². The van der Waals surface area contributed by atoms with E-state index in [-0.39, 0.29) is 25.9 Å². The van der Waals surface area contributed by atoms with Crippen LogP contribution in [0.4, 0.5) is 0 Å². The van der Waals surface area contributed by atoms with Crippen LogP contribution in [-0.4, -0.2) is 47.8 Å². The third-order valence-electron chi connectivity index (χ3n) is 4.19. The van der Waals surface area contributed by atoms with Crippen molar-refractivity contribution >= 4 is 0 Å². The Morgan fingerprint density at radius 1 is 0.917 bits per heavy atom. The minimum atomic E-state index is -1.14. The van der Waals surface area contributed by atoms with Crippen LogP contribution < -0.4 is 10.1 Å². The summed E-state index contributed by atoms with van der Waals surface area (Å²) in [6.45, 7) is -1.08. The summed E-state index contributed by atoms with van der Waals surface area (Å²) in [6, 6.07) is 17.4. The summed E-state index contributed by atoms with van der Waals surface area (Å²) in [7, 11) is 1.61. The maximum Gasteiger partial charge on any atom is 0.118 e. The van der Waals surface area contributed by atoms with Crippen molar-refractivity contribution < 1.29 is 20.1 Å². The second-order valence-electron chi connectivity index (χ2n) is 5.91. The molecule has 5 heteroatoms. The Morgan fingerprint density at radius 2 is 1.50 bits per heavy atom. The fourth-order valence-electron chi connectivity index (χ4n) is 2.59. The predicted octanol–water partition coefficient (Wildman–Crippen LogP) is 1.28. The van der Waals surface area contributed by atoms with Gasteiger partial charge in [0.1, 0.15) is 5.75 Å². The van der Waals surface area contributed by atoms with E-state index >= 15 is 0 Å². The molecule has 130 valence electrons. The van der Waals surface area contributed by atoms with Crippen molar-refractivity contribution in [2.75, 3.05) is 26.9 Å². The van der Waals surface area contributed by atoms with Crippen molar-refractivity contribution in [2.24, 2.45) is 0 Å². The molecular formula is C19H25NO4. The standard InChI is InChI=1S/C19H25NO4/c1-24-17-9-7-16(8-10-17)18(11-15-5-3-2-4-6-15)20-19(12-21,13-22)14-23/h2-10,18,20-23H,11-14H2,1H3. The van der Waals surface area contributed by atoms with Gasteiger partial charge in [0.15, 0.2) is 0 Å². The second kappa shape index (κ2) is 8.80. The highest BCUT2D eigenvalue weighted by Gasteiger charge is 2.31. The van der Waals surface area contributed by atoms with Crippen LogP contribution in [0.25, 0.3) is 0 Å². The predicted molar refractivity (Wildman–Crippen MR) is 93.0 cm³/mol. The monoisotopic (exact) mass is 331 g/mol. The van der Waals surface area contributed by atoms with E-state index in [2.05, 4.69) is 5.32 Å². The zero-order valence-electron chi connectivity index (χ0n) is 13.9. The van der Waals surface area contributed by atoms with E-state index in [1.807, 2.05) is 54.6 Å². The van der Waals surface area contributed by atoms with Gasteiger partial charge < -0.3 is 20.1 Å². The van der Waals surface area contributed by atoms with Gasteiger partial charge in [0.25, 0.3) is 0 Å². The summed E-state index contributed by atoms with van der Waals surface area (Å²) in [5, 5.41) is 32.1. The van der Waals surface area contributed by atoms with Crippen molar-refractivity contribution in [1.29, 1.82) is 0 Å². The molecule has 2 rings (SSSR count). The largest absolute Gasteiger partial charge is 0.497 e. The molecule has 0 amide bonds. The van der Waals surface area contributed by atoms with Gasteiger partial charge >= 0.3 is 0 Å². The maximum absolute atomic E-state index is 9.62. The van der Waals surface area contributed by atoms with Crippen molar-refractivity contribution in [3.63, 3.8) is 0 Å². The topological polar surface area (TPSA) is 82.0 Å². The quantitative estimate of drug-likeness (QED) is 0.557. The molecule has 0 aliphatic carbocycles. The van der Waals surface area contributed by atoms with Gasteiger partial charge in [0.2, 0.25) is 0 Å². The Morgan fingerprint density at radius 3 is 2.00 bits per heavy atom. The van der Waals surface area contributed by atoms with Gasteiger partial charge in [-0.1, -0.05) is 42.5 Å². The summed E-state index contributed by atoms with van der Waals surface area (Å²) in [5.74, 6) is 0.759. The van der Waals surface area contributed by atoms with Gasteiger partial charge in [-0.05, 0) is 29.7 Å². The van der Waals surface area contributed by atoms with E-state index < -0.39 is 5.54 Å². The molecule has 0 spiro atoms. The van der Waals surface area contributed by atoms with E-state index in [4.69, 9.17) is 4.74 Å². The number of hydrogen-bond donors (Lipinski definition) is 4. The van der Waals surface area contributed by atoms with Gasteiger partial charge in [0.05, 0.1) is 32.5 Å². The van der Waals surface area contributed by atoms with Crippen molar-refractivity contribution in [1.82, 2.24) is 5.32 Å². The van der Waals surface area contributed by atoms with Crippen LogP contribution in [-0.2, 0) is 6.42 Å². The van der Waals surface area contributed by atoms with Crippen LogP contribution in [0.3, 0.4) is 0 Å². The first-order chi connectivity index (χ1) is 11.7. The first-order valence-corrected chi connectivity index (χ1v) is 7.94. The van der Waals surface area contributed by atoms with Gasteiger partial charge in [-0.25, -0.2) is 0 Å². The van der Waals surface area contributed by atoms with Crippen LogP contribution >= 0.6 is 0 Å². The molecule has 0 bridgehead atoms. The molecule has 2 aromatic rings. The number of nitrogens with one attached hydrogen (secondary N) is 1. The molecule has 1 atom stereocenters. The average Bonchev–Trinajstić information content (AvgIpc) is 2.66. The zero-order valence-corrected chi connectivity index (χ0v) is 13.9. The van der Waals surface area contributed by atoms with Gasteiger partial charge in [-0.15, -0.1) is 0 Å². The number of methoxy groups -OCH3 is 1. The van der Waals surface area contributed by atoms with E-state index in [1.54, 1.807) is 7.11 Å². The Kier molecular flexibility index (Phi) is 6.75. The van der Waals surface area contributed by atoms with Crippen LogP contribution in [0.1, 0.15) is 17.2 Å². The van der Waals surface area contributed by atoms with E-state index in [0.29, 0.717) is 6.42 Å². The minimum Gasteiger partial charge on any atom is -0.497 e. The lowest BCUT2D eigenvalue weighted by Gasteiger charge is -2.34. The number of aliphatic hydroxyl groups excluding tert-OH is 3. The molecule has 2 aromatic carbocycles. The molecule has 0 saturated carbocycles.